The molecule has 0 unspecified atom stereocenters. The number of ether oxygens (including phenoxy) is 1. The molecule has 1 saturated heterocycles. The SMILES string of the molecule is CO[C@H]1C[C@@H](CN(C)S(=O)(=O)CC2CC2)N(C)C1. The third-order valence-corrected chi connectivity index (χ3v) is 6.06. The molecule has 1 aliphatic heterocycles. The van der Waals surface area contributed by atoms with E-state index in [1.165, 1.54) is 4.31 Å². The average Bonchev–Trinajstić information content (AvgIpc) is 3.02. The van der Waals surface area contributed by atoms with E-state index in [4.69, 9.17) is 4.74 Å². The van der Waals surface area contributed by atoms with Gasteiger partial charge in [-0.15, -0.1) is 0 Å². The molecule has 0 aromatic heterocycles. The summed E-state index contributed by atoms with van der Waals surface area (Å²) in [6, 6.07) is 0.272. The van der Waals surface area contributed by atoms with Crippen molar-refractivity contribution < 1.29 is 13.2 Å². The quantitative estimate of drug-likeness (QED) is 0.703. The van der Waals surface area contributed by atoms with Crippen molar-refractivity contribution in [3.63, 3.8) is 0 Å². The van der Waals surface area contributed by atoms with E-state index in [9.17, 15) is 8.42 Å². The zero-order valence-corrected chi connectivity index (χ0v) is 12.3. The molecule has 1 aliphatic carbocycles. The summed E-state index contributed by atoms with van der Waals surface area (Å²) in [4.78, 5) is 2.19. The Balaban J connectivity index is 1.88. The average molecular weight is 276 g/mol. The summed E-state index contributed by atoms with van der Waals surface area (Å²) in [5.41, 5.74) is 0. The number of likely N-dealkylation sites (tertiary alicyclic amines) is 1. The van der Waals surface area contributed by atoms with Gasteiger partial charge in [0.2, 0.25) is 10.0 Å². The van der Waals surface area contributed by atoms with Gasteiger partial charge in [0.1, 0.15) is 0 Å². The number of methoxy groups -OCH3 is 1. The Morgan fingerprint density at radius 3 is 2.56 bits per heavy atom. The first-order chi connectivity index (χ1) is 8.42. The van der Waals surface area contributed by atoms with Crippen LogP contribution < -0.4 is 0 Å². The van der Waals surface area contributed by atoms with E-state index >= 15 is 0 Å². The van der Waals surface area contributed by atoms with Gasteiger partial charge in [-0.25, -0.2) is 12.7 Å². The van der Waals surface area contributed by atoms with Crippen LogP contribution in [-0.4, -0.2) is 69.8 Å². The van der Waals surface area contributed by atoms with Crippen LogP contribution in [0.25, 0.3) is 0 Å². The van der Waals surface area contributed by atoms with Gasteiger partial charge in [0, 0.05) is 33.3 Å². The molecule has 106 valence electrons. The minimum atomic E-state index is -3.07. The molecule has 2 aliphatic rings. The van der Waals surface area contributed by atoms with E-state index in [-0.39, 0.29) is 12.1 Å². The number of rotatable bonds is 6. The minimum absolute atomic E-state index is 0.236. The van der Waals surface area contributed by atoms with Crippen molar-refractivity contribution in [1.29, 1.82) is 0 Å². The van der Waals surface area contributed by atoms with Crippen molar-refractivity contribution in [2.24, 2.45) is 5.92 Å². The molecule has 0 aromatic rings. The van der Waals surface area contributed by atoms with E-state index in [1.54, 1.807) is 14.2 Å². The molecular weight excluding hydrogens is 252 g/mol. The standard InChI is InChI=1S/C12H24N2O3S/c1-13-8-12(17-3)6-11(13)7-14(2)18(15,16)9-10-4-5-10/h10-12H,4-9H2,1-3H3/t11-,12-/m0/s1. The summed E-state index contributed by atoms with van der Waals surface area (Å²) < 4.78 is 31.1. The second-order valence-corrected chi connectivity index (χ2v) is 7.81. The highest BCUT2D eigenvalue weighted by Crippen LogP contribution is 2.31. The summed E-state index contributed by atoms with van der Waals surface area (Å²) in [5.74, 6) is 0.735. The molecule has 0 bridgehead atoms. The van der Waals surface area contributed by atoms with E-state index in [2.05, 4.69) is 4.90 Å². The second kappa shape index (κ2) is 5.45. The van der Waals surface area contributed by atoms with Crippen LogP contribution in [0.3, 0.4) is 0 Å². The molecule has 0 aromatic carbocycles. The molecule has 0 amide bonds. The minimum Gasteiger partial charge on any atom is -0.380 e. The van der Waals surface area contributed by atoms with Crippen LogP contribution in [-0.2, 0) is 14.8 Å². The maximum absolute atomic E-state index is 12.1. The molecular formula is C12H24N2O3S. The van der Waals surface area contributed by atoms with Crippen LogP contribution in [0.5, 0.6) is 0 Å². The van der Waals surface area contributed by atoms with Crippen LogP contribution in [0.2, 0.25) is 0 Å². The van der Waals surface area contributed by atoms with Crippen molar-refractivity contribution in [3.8, 4) is 0 Å². The highest BCUT2D eigenvalue weighted by molar-refractivity contribution is 7.89. The maximum Gasteiger partial charge on any atom is 0.214 e. The third-order valence-electron chi connectivity index (χ3n) is 4.07. The zero-order chi connectivity index (χ0) is 13.3. The predicted octanol–water partition coefficient (Wildman–Crippen LogP) is 0.377. The summed E-state index contributed by atoms with van der Waals surface area (Å²) in [6.45, 7) is 1.46. The smallest absolute Gasteiger partial charge is 0.214 e. The number of likely N-dealkylation sites (N-methyl/N-ethyl adjacent to an activating group) is 2. The molecule has 5 nitrogen and oxygen atoms in total. The first-order valence-corrected chi connectivity index (χ1v) is 8.20. The van der Waals surface area contributed by atoms with Gasteiger partial charge in [-0.3, -0.25) is 4.90 Å². The molecule has 1 heterocycles. The molecule has 0 radical (unpaired) electrons. The Morgan fingerprint density at radius 1 is 1.39 bits per heavy atom. The lowest BCUT2D eigenvalue weighted by Crippen LogP contribution is -2.40. The number of nitrogens with zero attached hydrogens (tertiary/aromatic N) is 2. The van der Waals surface area contributed by atoms with Gasteiger partial charge < -0.3 is 4.74 Å². The molecule has 2 fully saturated rings. The van der Waals surface area contributed by atoms with Crippen LogP contribution in [0, 0.1) is 5.92 Å². The fourth-order valence-corrected chi connectivity index (χ4v) is 4.12. The van der Waals surface area contributed by atoms with Crippen molar-refractivity contribution in [2.75, 3.05) is 40.0 Å². The van der Waals surface area contributed by atoms with Gasteiger partial charge in [-0.2, -0.15) is 0 Å². The Bertz CT molecular complexity index is 381. The fourth-order valence-electron chi connectivity index (χ4n) is 2.53. The van der Waals surface area contributed by atoms with E-state index in [1.807, 2.05) is 7.05 Å². The highest BCUT2D eigenvalue weighted by atomic mass is 32.2. The first-order valence-electron chi connectivity index (χ1n) is 6.59. The second-order valence-electron chi connectivity index (χ2n) is 5.69. The summed E-state index contributed by atoms with van der Waals surface area (Å²) >= 11 is 0. The highest BCUT2D eigenvalue weighted by Gasteiger charge is 2.35. The zero-order valence-electron chi connectivity index (χ0n) is 11.5. The molecule has 0 N–H and O–H groups in total. The van der Waals surface area contributed by atoms with Crippen molar-refractivity contribution in [1.82, 2.24) is 9.21 Å². The Labute approximate surface area is 110 Å². The number of hydrogen-bond donors (Lipinski definition) is 0. The summed E-state index contributed by atoms with van der Waals surface area (Å²) in [5, 5.41) is 0. The Kier molecular flexibility index (Phi) is 4.31. The van der Waals surface area contributed by atoms with Gasteiger partial charge in [0.25, 0.3) is 0 Å². The van der Waals surface area contributed by atoms with Crippen molar-refractivity contribution >= 4 is 10.0 Å². The van der Waals surface area contributed by atoms with Gasteiger partial charge in [0.15, 0.2) is 0 Å². The van der Waals surface area contributed by atoms with Gasteiger partial charge in [0.05, 0.1) is 11.9 Å². The third kappa shape index (κ3) is 3.44. The fraction of sp³-hybridized carbons (Fsp3) is 1.00. The first kappa shape index (κ1) is 14.2. The Morgan fingerprint density at radius 2 is 2.06 bits per heavy atom. The Hall–Kier alpha value is -0.170. The lowest BCUT2D eigenvalue weighted by molar-refractivity contribution is 0.111. The monoisotopic (exact) mass is 276 g/mol. The van der Waals surface area contributed by atoms with Crippen LogP contribution in [0.15, 0.2) is 0 Å². The van der Waals surface area contributed by atoms with Crippen LogP contribution >= 0.6 is 0 Å². The lowest BCUT2D eigenvalue weighted by Gasteiger charge is -2.25. The number of sulfonamides is 1. The van der Waals surface area contributed by atoms with Gasteiger partial charge in [-0.05, 0) is 32.2 Å². The molecule has 1 saturated carbocycles. The largest absolute Gasteiger partial charge is 0.380 e. The van der Waals surface area contributed by atoms with E-state index in [0.29, 0.717) is 18.2 Å². The predicted molar refractivity (Wildman–Crippen MR) is 71.0 cm³/mol. The van der Waals surface area contributed by atoms with Gasteiger partial charge in [-0.1, -0.05) is 0 Å². The lowest BCUT2D eigenvalue weighted by atomic mass is 10.2. The van der Waals surface area contributed by atoms with Crippen LogP contribution in [0.1, 0.15) is 19.3 Å². The molecule has 0 spiro atoms. The summed E-state index contributed by atoms with van der Waals surface area (Å²) in [7, 11) is 2.38. The van der Waals surface area contributed by atoms with Crippen LogP contribution in [0.4, 0.5) is 0 Å². The topological polar surface area (TPSA) is 49.9 Å². The normalized spacial score (nSPS) is 30.2. The number of hydrogen-bond acceptors (Lipinski definition) is 4. The molecule has 2 rings (SSSR count). The molecule has 6 heteroatoms. The summed E-state index contributed by atoms with van der Waals surface area (Å²) in [6.07, 6.45) is 3.29. The van der Waals surface area contributed by atoms with Crippen molar-refractivity contribution in [3.05, 3.63) is 0 Å². The maximum atomic E-state index is 12.1. The molecule has 18 heavy (non-hydrogen) atoms. The van der Waals surface area contributed by atoms with E-state index < -0.39 is 10.0 Å². The molecule has 2 atom stereocenters. The van der Waals surface area contributed by atoms with Crippen molar-refractivity contribution in [2.45, 2.75) is 31.4 Å². The van der Waals surface area contributed by atoms with Gasteiger partial charge >= 0.3 is 0 Å². The van der Waals surface area contributed by atoms with E-state index in [0.717, 1.165) is 25.8 Å².